The van der Waals surface area contributed by atoms with Crippen molar-refractivity contribution in [2.75, 3.05) is 0 Å². The average Bonchev–Trinajstić information content (AvgIpc) is 2.90. The molecular formula is C20H26Cl2SiZr. The van der Waals surface area contributed by atoms with E-state index in [2.05, 4.69) is 77.2 Å². The number of rotatable bonds is 2. The van der Waals surface area contributed by atoms with Gasteiger partial charge in [0, 0.05) is 0 Å². The van der Waals surface area contributed by atoms with Gasteiger partial charge >= 0.3 is 144 Å². The third-order valence-electron chi connectivity index (χ3n) is 5.21. The van der Waals surface area contributed by atoms with Gasteiger partial charge in [-0.25, -0.2) is 0 Å². The Hall–Kier alpha value is 0.120. The van der Waals surface area contributed by atoms with Crippen LogP contribution in [0.3, 0.4) is 0 Å². The first kappa shape index (κ1) is 22.2. The molecule has 128 valence electrons. The second-order valence-electron chi connectivity index (χ2n) is 7.04. The van der Waals surface area contributed by atoms with E-state index in [1.807, 2.05) is 3.28 Å². The van der Waals surface area contributed by atoms with Crippen molar-refractivity contribution in [2.24, 2.45) is 5.92 Å². The van der Waals surface area contributed by atoms with Crippen LogP contribution in [0, 0.1) is 5.92 Å². The molecule has 3 rings (SSSR count). The summed E-state index contributed by atoms with van der Waals surface area (Å²) >= 11 is -1.71. The van der Waals surface area contributed by atoms with Crippen LogP contribution in [-0.4, -0.2) is 5.43 Å². The summed E-state index contributed by atoms with van der Waals surface area (Å²) in [6.45, 7) is 14.7. The van der Waals surface area contributed by atoms with Gasteiger partial charge in [0.1, 0.15) is 0 Å². The van der Waals surface area contributed by atoms with E-state index in [0.29, 0.717) is 5.92 Å². The molecule has 2 aliphatic rings. The Morgan fingerprint density at radius 3 is 2.17 bits per heavy atom. The second-order valence-corrected chi connectivity index (χ2v) is 24.4. The maximum absolute atomic E-state index is 2.58. The van der Waals surface area contributed by atoms with Gasteiger partial charge in [-0.1, -0.05) is 0 Å². The molecule has 0 fully saturated rings. The minimum absolute atomic E-state index is 0. The zero-order chi connectivity index (χ0) is 16.0. The Kier molecular flexibility index (Phi) is 8.01. The van der Waals surface area contributed by atoms with Crippen LogP contribution < -0.4 is 24.8 Å². The quantitative estimate of drug-likeness (QED) is 0.545. The summed E-state index contributed by atoms with van der Waals surface area (Å²) in [7, 11) is 0. The molecule has 0 nitrogen and oxygen atoms in total. The van der Waals surface area contributed by atoms with Crippen LogP contribution in [0.5, 0.6) is 0 Å². The topological polar surface area (TPSA) is 0 Å². The summed E-state index contributed by atoms with van der Waals surface area (Å²) in [5, 5.41) is 0. The average molecular weight is 457 g/mol. The van der Waals surface area contributed by atoms with E-state index in [0.717, 1.165) is 3.63 Å². The molecule has 2 atom stereocenters. The molecule has 0 aliphatic heterocycles. The molecule has 24 heavy (non-hydrogen) atoms. The first-order chi connectivity index (χ1) is 10.4. The molecule has 0 bridgehead atoms. The molecule has 0 amide bonds. The van der Waals surface area contributed by atoms with Gasteiger partial charge < -0.3 is 24.8 Å². The molecule has 1 aromatic rings. The summed E-state index contributed by atoms with van der Waals surface area (Å²) < 4.78 is 2.70. The van der Waals surface area contributed by atoms with E-state index in [-0.39, 0.29) is 30.2 Å². The zero-order valence-electron chi connectivity index (χ0n) is 15.4. The van der Waals surface area contributed by atoms with Gasteiger partial charge in [-0.15, -0.1) is 0 Å². The normalized spacial score (nSPS) is 21.0. The molecule has 0 aromatic heterocycles. The van der Waals surface area contributed by atoms with Crippen LogP contribution in [0.1, 0.15) is 42.4 Å². The van der Waals surface area contributed by atoms with Gasteiger partial charge in [-0.3, -0.25) is 0 Å². The second kappa shape index (κ2) is 8.67. The predicted octanol–water partition coefficient (Wildman–Crippen LogP) is -0.108. The molecule has 1 aromatic carbocycles. The van der Waals surface area contributed by atoms with E-state index in [1.165, 1.54) is 11.1 Å². The van der Waals surface area contributed by atoms with Crippen LogP contribution in [0.4, 0.5) is 0 Å². The third kappa shape index (κ3) is 3.78. The van der Waals surface area contributed by atoms with Gasteiger partial charge in [0.05, 0.1) is 0 Å². The van der Waals surface area contributed by atoms with Crippen LogP contribution in [-0.2, 0) is 20.4 Å². The molecule has 0 heterocycles. The van der Waals surface area contributed by atoms with E-state index in [9.17, 15) is 0 Å². The maximum Gasteiger partial charge on any atom is -1.00 e. The van der Waals surface area contributed by atoms with Gasteiger partial charge in [0.15, 0.2) is 0 Å². The van der Waals surface area contributed by atoms with Crippen LogP contribution >= 0.6 is 0 Å². The number of halogens is 2. The standard InChI is InChI=1S/C10H9.C8H11.C2H6Si.2ClH.Zr/c1-8-6-9-4-2-3-5-10(9)7-8;1-6-4-7(2)8(3)5-6;1-3-2;;;/h2-7H,1H3;4,6H,1-3H3;1-2H3;2*1H;/q;;;;;+2/p-2. The molecule has 2 unspecified atom stereocenters. The largest absolute Gasteiger partial charge is 1.00 e. The number of hydrogen-bond acceptors (Lipinski definition) is 0. The maximum atomic E-state index is 2.58. The predicted molar refractivity (Wildman–Crippen MR) is 95.9 cm³/mol. The van der Waals surface area contributed by atoms with E-state index < -0.39 is 20.4 Å². The smallest absolute Gasteiger partial charge is 1.00 e. The fourth-order valence-electron chi connectivity index (χ4n) is 4.16. The van der Waals surface area contributed by atoms with Gasteiger partial charge in [-0.05, 0) is 0 Å². The molecule has 0 N–H and O–H groups in total. The number of allylic oxidation sites excluding steroid dienone is 5. The molecule has 0 spiro atoms. The molecular weight excluding hydrogens is 430 g/mol. The van der Waals surface area contributed by atoms with Crippen molar-refractivity contribution in [1.82, 2.24) is 0 Å². The molecule has 0 radical (unpaired) electrons. The van der Waals surface area contributed by atoms with Gasteiger partial charge in [0.25, 0.3) is 0 Å². The minimum Gasteiger partial charge on any atom is -1.00 e. The van der Waals surface area contributed by atoms with E-state index >= 15 is 0 Å². The number of fused-ring (bicyclic) bond motifs is 1. The Bertz CT molecular complexity index is 768. The van der Waals surface area contributed by atoms with Crippen molar-refractivity contribution in [3.8, 4) is 0 Å². The molecule has 0 saturated carbocycles. The van der Waals surface area contributed by atoms with Crippen molar-refractivity contribution < 1.29 is 45.2 Å². The summed E-state index contributed by atoms with van der Waals surface area (Å²) in [4.78, 5) is 0. The first-order valence-corrected chi connectivity index (χ1v) is 17.1. The SMILES string of the molecule is CC1=CC(C)[C]([Zr+2]([CH]2C(C)=Cc3ccccc32)=[Si](C)C)=C1C.[Cl-].[Cl-]. The molecule has 4 heteroatoms. The van der Waals surface area contributed by atoms with Crippen molar-refractivity contribution in [3.63, 3.8) is 0 Å². The molecule has 0 saturated heterocycles. The zero-order valence-corrected chi connectivity index (χ0v) is 20.3. The first-order valence-electron chi connectivity index (χ1n) is 8.26. The summed E-state index contributed by atoms with van der Waals surface area (Å²) in [5.74, 6) is 0.690. The summed E-state index contributed by atoms with van der Waals surface area (Å²) in [6.07, 6.45) is 4.97. The fourth-order valence-corrected chi connectivity index (χ4v) is 24.6. The van der Waals surface area contributed by atoms with E-state index in [4.69, 9.17) is 0 Å². The van der Waals surface area contributed by atoms with Gasteiger partial charge in [0.2, 0.25) is 0 Å². The Labute approximate surface area is 167 Å². The summed E-state index contributed by atoms with van der Waals surface area (Å²) in [6, 6.07) is 9.13. The van der Waals surface area contributed by atoms with Crippen LogP contribution in [0.25, 0.3) is 6.08 Å². The Morgan fingerprint density at radius 1 is 1.00 bits per heavy atom. The van der Waals surface area contributed by atoms with Crippen molar-refractivity contribution in [2.45, 2.75) is 44.4 Å². The van der Waals surface area contributed by atoms with E-state index in [1.54, 1.807) is 16.7 Å². The van der Waals surface area contributed by atoms with Crippen molar-refractivity contribution >= 4 is 11.5 Å². The van der Waals surface area contributed by atoms with Crippen molar-refractivity contribution in [1.29, 1.82) is 0 Å². The van der Waals surface area contributed by atoms with Gasteiger partial charge in [-0.2, -0.15) is 0 Å². The third-order valence-corrected chi connectivity index (χ3v) is 24.3. The minimum atomic E-state index is -1.71. The van der Waals surface area contributed by atoms with Crippen LogP contribution in [0.2, 0.25) is 13.1 Å². The Balaban J connectivity index is 0.00000144. The monoisotopic (exact) mass is 454 g/mol. The molecule has 2 aliphatic carbocycles. The van der Waals surface area contributed by atoms with Crippen molar-refractivity contribution in [3.05, 3.63) is 61.5 Å². The fraction of sp³-hybridized carbons (Fsp3) is 0.400. The Morgan fingerprint density at radius 2 is 1.62 bits per heavy atom. The number of benzene rings is 1. The number of hydrogen-bond donors (Lipinski definition) is 0. The summed E-state index contributed by atoms with van der Waals surface area (Å²) in [5.41, 5.74) is 7.71. The van der Waals surface area contributed by atoms with Crippen LogP contribution in [0.15, 0.2) is 50.3 Å².